The largest absolute Gasteiger partial charge is 0.508 e. The molecule has 0 aliphatic carbocycles. The smallest absolute Gasteiger partial charge is 0.227 e. The van der Waals surface area contributed by atoms with Gasteiger partial charge in [-0.15, -0.1) is 0 Å². The summed E-state index contributed by atoms with van der Waals surface area (Å²) in [5.74, 6) is 0.324. The third-order valence-corrected chi connectivity index (χ3v) is 3.25. The molecule has 0 aliphatic rings. The lowest BCUT2D eigenvalue weighted by atomic mass is 10.1. The number of rotatable bonds is 8. The highest BCUT2D eigenvalue weighted by molar-refractivity contribution is 5.79. The summed E-state index contributed by atoms with van der Waals surface area (Å²) < 4.78 is 0. The van der Waals surface area contributed by atoms with Crippen molar-refractivity contribution < 1.29 is 9.90 Å². The van der Waals surface area contributed by atoms with Gasteiger partial charge in [-0.1, -0.05) is 44.9 Å². The zero-order valence-electron chi connectivity index (χ0n) is 12.1. The summed E-state index contributed by atoms with van der Waals surface area (Å²) in [6.45, 7) is 5.91. The maximum absolute atomic E-state index is 12.3. The average molecular weight is 263 g/mol. The fourth-order valence-electron chi connectivity index (χ4n) is 1.99. The Bertz CT molecular complexity index is 382. The molecule has 1 amide bonds. The summed E-state index contributed by atoms with van der Waals surface area (Å²) >= 11 is 0. The molecule has 0 bridgehead atoms. The molecule has 0 saturated carbocycles. The molecule has 19 heavy (non-hydrogen) atoms. The van der Waals surface area contributed by atoms with E-state index in [1.165, 1.54) is 0 Å². The highest BCUT2D eigenvalue weighted by atomic mass is 16.3. The van der Waals surface area contributed by atoms with Gasteiger partial charge in [0, 0.05) is 18.7 Å². The Balaban J connectivity index is 2.62. The highest BCUT2D eigenvalue weighted by Crippen LogP contribution is 2.17. The predicted molar refractivity (Wildman–Crippen MR) is 78.2 cm³/mol. The van der Waals surface area contributed by atoms with E-state index in [0.29, 0.717) is 12.0 Å². The van der Waals surface area contributed by atoms with Crippen molar-refractivity contribution in [2.45, 2.75) is 46.0 Å². The van der Waals surface area contributed by atoms with Crippen LogP contribution in [-0.4, -0.2) is 29.0 Å². The van der Waals surface area contributed by atoms with Crippen LogP contribution in [0.2, 0.25) is 0 Å². The molecule has 0 unspecified atom stereocenters. The Morgan fingerprint density at radius 1 is 1.11 bits per heavy atom. The number of phenolic OH excluding ortho intramolecular Hbond substituents is 1. The lowest BCUT2D eigenvalue weighted by molar-refractivity contribution is -0.130. The van der Waals surface area contributed by atoms with E-state index in [2.05, 4.69) is 13.8 Å². The second-order valence-electron chi connectivity index (χ2n) is 4.89. The second kappa shape index (κ2) is 8.57. The summed E-state index contributed by atoms with van der Waals surface area (Å²) in [6, 6.07) is 7.07. The number of hydrogen-bond donors (Lipinski definition) is 1. The number of amides is 1. The van der Waals surface area contributed by atoms with Gasteiger partial charge in [-0.25, -0.2) is 0 Å². The number of hydrogen-bond acceptors (Lipinski definition) is 2. The van der Waals surface area contributed by atoms with E-state index < -0.39 is 0 Å². The van der Waals surface area contributed by atoms with E-state index in [1.807, 2.05) is 17.0 Å². The quantitative estimate of drug-likeness (QED) is 0.781. The predicted octanol–water partition coefficient (Wildman–Crippen LogP) is 3.36. The van der Waals surface area contributed by atoms with E-state index in [1.54, 1.807) is 12.1 Å². The molecule has 0 radical (unpaired) electrons. The third-order valence-electron chi connectivity index (χ3n) is 3.25. The van der Waals surface area contributed by atoms with Crippen molar-refractivity contribution in [1.29, 1.82) is 0 Å². The Kier molecular flexibility index (Phi) is 7.01. The molecular weight excluding hydrogens is 238 g/mol. The first-order valence-corrected chi connectivity index (χ1v) is 7.23. The summed E-state index contributed by atoms with van der Waals surface area (Å²) in [5, 5.41) is 9.72. The lowest BCUT2D eigenvalue weighted by Crippen LogP contribution is -2.34. The van der Waals surface area contributed by atoms with Gasteiger partial charge in [0.25, 0.3) is 0 Å². The SMILES string of the molecule is CCCCN(CCCC)C(=O)Cc1ccccc1O. The zero-order chi connectivity index (χ0) is 14.1. The standard InChI is InChI=1S/C16H25NO2/c1-3-5-11-17(12-6-4-2)16(19)13-14-9-7-8-10-15(14)18/h7-10,18H,3-6,11-13H2,1-2H3. The van der Waals surface area contributed by atoms with Crippen molar-refractivity contribution in [3.63, 3.8) is 0 Å². The van der Waals surface area contributed by atoms with Crippen molar-refractivity contribution in [3.05, 3.63) is 29.8 Å². The minimum absolute atomic E-state index is 0.114. The third kappa shape index (κ3) is 5.33. The van der Waals surface area contributed by atoms with Crippen molar-refractivity contribution in [2.24, 2.45) is 0 Å². The first kappa shape index (κ1) is 15.5. The van der Waals surface area contributed by atoms with Crippen LogP contribution in [-0.2, 0) is 11.2 Å². The van der Waals surface area contributed by atoms with E-state index in [9.17, 15) is 9.90 Å². The number of nitrogens with zero attached hydrogens (tertiary/aromatic N) is 1. The Labute approximate surface area is 116 Å². The maximum atomic E-state index is 12.3. The van der Waals surface area contributed by atoms with E-state index in [4.69, 9.17) is 0 Å². The summed E-state index contributed by atoms with van der Waals surface area (Å²) in [7, 11) is 0. The molecule has 3 heteroatoms. The number of carbonyl (C=O) groups is 1. The Morgan fingerprint density at radius 2 is 1.68 bits per heavy atom. The minimum Gasteiger partial charge on any atom is -0.508 e. The van der Waals surface area contributed by atoms with Crippen LogP contribution in [0.25, 0.3) is 0 Å². The molecule has 0 fully saturated rings. The lowest BCUT2D eigenvalue weighted by Gasteiger charge is -2.22. The molecule has 0 atom stereocenters. The highest BCUT2D eigenvalue weighted by Gasteiger charge is 2.14. The fourth-order valence-corrected chi connectivity index (χ4v) is 1.99. The van der Waals surface area contributed by atoms with E-state index >= 15 is 0 Å². The number of para-hydroxylation sites is 1. The molecule has 3 nitrogen and oxygen atoms in total. The maximum Gasteiger partial charge on any atom is 0.227 e. The molecule has 0 spiro atoms. The molecule has 106 valence electrons. The number of carbonyl (C=O) groups excluding carboxylic acids is 1. The van der Waals surface area contributed by atoms with Crippen LogP contribution in [0.3, 0.4) is 0 Å². The summed E-state index contributed by atoms with van der Waals surface area (Å²) in [4.78, 5) is 14.2. The van der Waals surface area contributed by atoms with Crippen LogP contribution in [0.1, 0.15) is 45.1 Å². The summed E-state index contributed by atoms with van der Waals surface area (Å²) in [6.07, 6.45) is 4.55. The number of unbranched alkanes of at least 4 members (excludes halogenated alkanes) is 2. The number of benzene rings is 1. The number of phenols is 1. The van der Waals surface area contributed by atoms with Gasteiger partial charge >= 0.3 is 0 Å². The second-order valence-corrected chi connectivity index (χ2v) is 4.89. The monoisotopic (exact) mass is 263 g/mol. The van der Waals surface area contributed by atoms with Gasteiger partial charge in [0.1, 0.15) is 5.75 Å². The first-order chi connectivity index (χ1) is 9.19. The van der Waals surface area contributed by atoms with E-state index in [0.717, 1.165) is 38.8 Å². The van der Waals surface area contributed by atoms with Crippen LogP contribution in [0.15, 0.2) is 24.3 Å². The first-order valence-electron chi connectivity index (χ1n) is 7.23. The molecule has 0 heterocycles. The van der Waals surface area contributed by atoms with Gasteiger partial charge in [-0.3, -0.25) is 4.79 Å². The topological polar surface area (TPSA) is 40.5 Å². The van der Waals surface area contributed by atoms with Crippen molar-refractivity contribution in [2.75, 3.05) is 13.1 Å². The van der Waals surface area contributed by atoms with Crippen molar-refractivity contribution in [1.82, 2.24) is 4.90 Å². The fraction of sp³-hybridized carbons (Fsp3) is 0.562. The zero-order valence-corrected chi connectivity index (χ0v) is 12.1. The van der Waals surface area contributed by atoms with Crippen LogP contribution < -0.4 is 0 Å². The molecule has 0 aliphatic heterocycles. The van der Waals surface area contributed by atoms with Gasteiger partial charge in [0.2, 0.25) is 5.91 Å². The van der Waals surface area contributed by atoms with E-state index in [-0.39, 0.29) is 11.7 Å². The van der Waals surface area contributed by atoms with Crippen LogP contribution in [0.5, 0.6) is 5.75 Å². The number of aromatic hydroxyl groups is 1. The van der Waals surface area contributed by atoms with Gasteiger partial charge in [0.15, 0.2) is 0 Å². The Morgan fingerprint density at radius 3 is 2.21 bits per heavy atom. The molecular formula is C16H25NO2. The Hall–Kier alpha value is -1.51. The van der Waals surface area contributed by atoms with Gasteiger partial charge in [-0.2, -0.15) is 0 Å². The van der Waals surface area contributed by atoms with Crippen molar-refractivity contribution >= 4 is 5.91 Å². The molecule has 1 N–H and O–H groups in total. The molecule has 0 aromatic heterocycles. The molecule has 1 aromatic carbocycles. The molecule has 0 saturated heterocycles. The molecule has 1 aromatic rings. The van der Waals surface area contributed by atoms with Crippen molar-refractivity contribution in [3.8, 4) is 5.75 Å². The average Bonchev–Trinajstić information content (AvgIpc) is 2.41. The minimum atomic E-state index is 0.114. The van der Waals surface area contributed by atoms with Gasteiger partial charge in [-0.05, 0) is 18.9 Å². The van der Waals surface area contributed by atoms with Gasteiger partial charge < -0.3 is 10.0 Å². The summed E-state index contributed by atoms with van der Waals surface area (Å²) in [5.41, 5.74) is 0.713. The van der Waals surface area contributed by atoms with Gasteiger partial charge in [0.05, 0.1) is 6.42 Å². The van der Waals surface area contributed by atoms with Crippen LogP contribution in [0, 0.1) is 0 Å². The normalized spacial score (nSPS) is 10.4. The van der Waals surface area contributed by atoms with Crippen LogP contribution in [0.4, 0.5) is 0 Å². The van der Waals surface area contributed by atoms with Crippen LogP contribution >= 0.6 is 0 Å². The molecule has 1 rings (SSSR count).